The van der Waals surface area contributed by atoms with Crippen molar-refractivity contribution in [3.63, 3.8) is 0 Å². The summed E-state index contributed by atoms with van der Waals surface area (Å²) in [7, 11) is 0. The second kappa shape index (κ2) is 7.74. The first kappa shape index (κ1) is 18.2. The van der Waals surface area contributed by atoms with E-state index in [0.29, 0.717) is 5.69 Å². The number of amides is 1. The van der Waals surface area contributed by atoms with Gasteiger partial charge in [-0.05, 0) is 43.8 Å². The van der Waals surface area contributed by atoms with Crippen molar-refractivity contribution in [2.45, 2.75) is 39.5 Å². The van der Waals surface area contributed by atoms with Crippen molar-refractivity contribution in [2.75, 3.05) is 0 Å². The predicted molar refractivity (Wildman–Crippen MR) is 103 cm³/mol. The van der Waals surface area contributed by atoms with Gasteiger partial charge in [0.2, 0.25) is 5.91 Å². The molecular weight excluding hydrogens is 348 g/mol. The third-order valence-corrected chi connectivity index (χ3v) is 4.98. The largest absolute Gasteiger partial charge is 0.458 e. The quantitative estimate of drug-likeness (QED) is 0.663. The Bertz CT molecular complexity index is 912. The number of thiophene rings is 1. The molecule has 26 heavy (non-hydrogen) atoms. The van der Waals surface area contributed by atoms with E-state index in [-0.39, 0.29) is 24.6 Å². The molecule has 0 aliphatic rings. The molecule has 1 N–H and O–H groups in total. The van der Waals surface area contributed by atoms with Crippen LogP contribution in [0.25, 0.3) is 10.2 Å². The average molecular weight is 370 g/mol. The van der Waals surface area contributed by atoms with Gasteiger partial charge < -0.3 is 14.6 Å². The number of nitrogens with zero attached hydrogens (tertiary/aromatic N) is 1. The minimum atomic E-state index is -0.410. The molecule has 1 atom stereocenters. The normalized spacial score (nSPS) is 12.3. The van der Waals surface area contributed by atoms with Crippen LogP contribution < -0.4 is 5.32 Å². The van der Waals surface area contributed by atoms with E-state index >= 15 is 0 Å². The zero-order chi connectivity index (χ0) is 18.7. The Hall–Kier alpha value is -2.60. The molecule has 1 amide bonds. The summed E-state index contributed by atoms with van der Waals surface area (Å²) in [5.41, 5.74) is 1.44. The molecule has 6 heteroatoms. The molecule has 3 rings (SSSR count). The number of fused-ring (bicyclic) bond motifs is 1. The molecule has 136 valence electrons. The Morgan fingerprint density at radius 3 is 2.58 bits per heavy atom. The van der Waals surface area contributed by atoms with E-state index in [1.165, 1.54) is 11.3 Å². The number of benzene rings is 1. The first-order chi connectivity index (χ1) is 12.5. The highest BCUT2D eigenvalue weighted by molar-refractivity contribution is 7.16. The lowest BCUT2D eigenvalue weighted by Crippen LogP contribution is -2.31. The van der Waals surface area contributed by atoms with Crippen LogP contribution in [0.1, 0.15) is 42.9 Å². The summed E-state index contributed by atoms with van der Waals surface area (Å²) >= 11 is 1.50. The first-order valence-electron chi connectivity index (χ1n) is 8.57. The number of carbonyl (C=O) groups is 2. The monoisotopic (exact) mass is 370 g/mol. The zero-order valence-corrected chi connectivity index (χ0v) is 15.9. The molecule has 0 spiro atoms. The van der Waals surface area contributed by atoms with E-state index in [4.69, 9.17) is 4.74 Å². The Morgan fingerprint density at radius 1 is 1.15 bits per heavy atom. The topological polar surface area (TPSA) is 60.3 Å². The second-order valence-electron chi connectivity index (χ2n) is 6.45. The van der Waals surface area contributed by atoms with Crippen molar-refractivity contribution in [2.24, 2.45) is 0 Å². The Morgan fingerprint density at radius 2 is 1.88 bits per heavy atom. The number of hydrogen-bond acceptors (Lipinski definition) is 4. The molecular formula is C20H22N2O3S. The van der Waals surface area contributed by atoms with Gasteiger partial charge in [0.15, 0.2) is 0 Å². The molecule has 0 aliphatic heterocycles. The molecule has 0 bridgehead atoms. The van der Waals surface area contributed by atoms with Crippen LogP contribution in [0.3, 0.4) is 0 Å². The molecule has 0 saturated heterocycles. The van der Waals surface area contributed by atoms with Crippen LogP contribution in [-0.4, -0.2) is 22.5 Å². The smallest absolute Gasteiger partial charge is 0.355 e. The maximum Gasteiger partial charge on any atom is 0.355 e. The highest BCUT2D eigenvalue weighted by Crippen LogP contribution is 2.26. The van der Waals surface area contributed by atoms with Crippen LogP contribution in [0.5, 0.6) is 0 Å². The number of hydrogen-bond donors (Lipinski definition) is 1. The molecule has 0 fully saturated rings. The molecule has 0 radical (unpaired) electrons. The van der Waals surface area contributed by atoms with E-state index in [1.54, 1.807) is 10.6 Å². The standard InChI is InChI=1S/C20H22N2O3S/c1-13(2)25-20(24)17-11-16-9-10-26-19(16)22(17)12-18(23)21-14(3)15-7-5-4-6-8-15/h4-11,13-14H,12H2,1-3H3,(H,21,23)/t14-/m1/s1. The van der Waals surface area contributed by atoms with Gasteiger partial charge in [-0.15, -0.1) is 11.3 Å². The molecule has 3 aromatic rings. The SMILES string of the molecule is CC(C)OC(=O)c1cc2ccsc2n1CC(=O)N[C@H](C)c1ccccc1. The number of aromatic nitrogens is 1. The molecule has 5 nitrogen and oxygen atoms in total. The number of carbonyl (C=O) groups excluding carboxylic acids is 2. The number of rotatable bonds is 6. The van der Waals surface area contributed by atoms with Gasteiger partial charge in [-0.25, -0.2) is 4.79 Å². The van der Waals surface area contributed by atoms with E-state index in [9.17, 15) is 9.59 Å². The minimum absolute atomic E-state index is 0.0731. The molecule has 0 saturated carbocycles. The van der Waals surface area contributed by atoms with E-state index in [0.717, 1.165) is 15.8 Å². The fourth-order valence-electron chi connectivity index (χ4n) is 2.83. The van der Waals surface area contributed by atoms with Gasteiger partial charge in [-0.2, -0.15) is 0 Å². The van der Waals surface area contributed by atoms with E-state index in [2.05, 4.69) is 5.32 Å². The van der Waals surface area contributed by atoms with Crippen molar-refractivity contribution in [3.8, 4) is 0 Å². The summed E-state index contributed by atoms with van der Waals surface area (Å²) in [6.45, 7) is 5.63. The minimum Gasteiger partial charge on any atom is -0.458 e. The van der Waals surface area contributed by atoms with Crippen molar-refractivity contribution in [3.05, 3.63) is 59.1 Å². The fraction of sp³-hybridized carbons (Fsp3) is 0.300. The van der Waals surface area contributed by atoms with Crippen LogP contribution in [-0.2, 0) is 16.1 Å². The van der Waals surface area contributed by atoms with E-state index < -0.39 is 5.97 Å². The summed E-state index contributed by atoms with van der Waals surface area (Å²) in [6.07, 6.45) is -0.212. The maximum atomic E-state index is 12.6. The molecule has 0 unspecified atom stereocenters. The van der Waals surface area contributed by atoms with Gasteiger partial charge in [0.25, 0.3) is 0 Å². The summed E-state index contributed by atoms with van der Waals surface area (Å²) in [4.78, 5) is 25.9. The number of ether oxygens (including phenoxy) is 1. The lowest BCUT2D eigenvalue weighted by Gasteiger charge is -2.16. The maximum absolute atomic E-state index is 12.6. The Kier molecular flexibility index (Phi) is 5.42. The first-order valence-corrected chi connectivity index (χ1v) is 9.45. The van der Waals surface area contributed by atoms with Crippen LogP contribution in [0.4, 0.5) is 0 Å². The third-order valence-electron chi connectivity index (χ3n) is 4.03. The zero-order valence-electron chi connectivity index (χ0n) is 15.1. The second-order valence-corrected chi connectivity index (χ2v) is 7.35. The van der Waals surface area contributed by atoms with Gasteiger partial charge in [0.05, 0.1) is 12.1 Å². The summed E-state index contributed by atoms with van der Waals surface area (Å²) in [5.74, 6) is -0.557. The average Bonchev–Trinajstić information content (AvgIpc) is 3.17. The van der Waals surface area contributed by atoms with Crippen molar-refractivity contribution >= 4 is 33.4 Å². The van der Waals surface area contributed by atoms with Crippen LogP contribution in [0.2, 0.25) is 0 Å². The molecule has 1 aromatic carbocycles. The summed E-state index contributed by atoms with van der Waals surface area (Å²) < 4.78 is 7.05. The summed E-state index contributed by atoms with van der Waals surface area (Å²) in [5, 5.41) is 5.88. The fourth-order valence-corrected chi connectivity index (χ4v) is 3.73. The van der Waals surface area contributed by atoms with Crippen LogP contribution in [0.15, 0.2) is 47.8 Å². The van der Waals surface area contributed by atoms with Crippen LogP contribution >= 0.6 is 11.3 Å². The Labute approximate surface area is 156 Å². The van der Waals surface area contributed by atoms with E-state index in [1.807, 2.05) is 62.5 Å². The van der Waals surface area contributed by atoms with Gasteiger partial charge in [-0.3, -0.25) is 4.79 Å². The number of esters is 1. The lowest BCUT2D eigenvalue weighted by atomic mass is 10.1. The third kappa shape index (κ3) is 3.96. The Balaban J connectivity index is 1.80. The van der Waals surface area contributed by atoms with Crippen molar-refractivity contribution in [1.82, 2.24) is 9.88 Å². The van der Waals surface area contributed by atoms with Crippen molar-refractivity contribution < 1.29 is 14.3 Å². The van der Waals surface area contributed by atoms with Gasteiger partial charge in [0.1, 0.15) is 17.1 Å². The summed E-state index contributed by atoms with van der Waals surface area (Å²) in [6, 6.07) is 13.4. The number of nitrogens with one attached hydrogen (secondary N) is 1. The van der Waals surface area contributed by atoms with Gasteiger partial charge in [0, 0.05) is 5.39 Å². The van der Waals surface area contributed by atoms with Crippen molar-refractivity contribution in [1.29, 1.82) is 0 Å². The highest BCUT2D eigenvalue weighted by atomic mass is 32.1. The van der Waals surface area contributed by atoms with Gasteiger partial charge in [-0.1, -0.05) is 30.3 Å². The van der Waals surface area contributed by atoms with Crippen LogP contribution in [0, 0.1) is 0 Å². The van der Waals surface area contributed by atoms with Gasteiger partial charge >= 0.3 is 5.97 Å². The lowest BCUT2D eigenvalue weighted by molar-refractivity contribution is -0.122. The molecule has 2 aromatic heterocycles. The molecule has 0 aliphatic carbocycles. The molecule has 2 heterocycles. The highest BCUT2D eigenvalue weighted by Gasteiger charge is 2.21. The predicted octanol–water partition coefficient (Wildman–Crippen LogP) is 4.15.